The third-order valence-electron chi connectivity index (χ3n) is 5.50. The summed E-state index contributed by atoms with van der Waals surface area (Å²) in [6, 6.07) is 7.12. The maximum Gasteiger partial charge on any atom is 0.322 e. The van der Waals surface area contributed by atoms with Gasteiger partial charge in [-0.05, 0) is 31.4 Å². The Balaban J connectivity index is 1.39. The lowest BCUT2D eigenvalue weighted by molar-refractivity contribution is -0.137. The van der Waals surface area contributed by atoms with Gasteiger partial charge in [0.05, 0.1) is 25.2 Å². The molecular formula is C19H25N3O4. The van der Waals surface area contributed by atoms with E-state index in [1.165, 1.54) is 0 Å². The molecule has 0 unspecified atom stereocenters. The maximum atomic E-state index is 12.7. The first-order valence-electron chi connectivity index (χ1n) is 9.28. The Bertz CT molecular complexity index is 689. The number of urea groups is 1. The number of hydrogen-bond acceptors (Lipinski definition) is 4. The number of nitrogens with one attached hydrogen (secondary N) is 1. The Labute approximate surface area is 153 Å². The number of hydrogen-bond donors (Lipinski definition) is 1. The van der Waals surface area contributed by atoms with Crippen molar-refractivity contribution in [1.29, 1.82) is 0 Å². The minimum Gasteiger partial charge on any atom is -0.497 e. The molecule has 2 bridgehead atoms. The molecule has 3 amide bonds. The molecule has 3 aliphatic heterocycles. The van der Waals surface area contributed by atoms with Crippen LogP contribution in [0.3, 0.4) is 0 Å². The number of carbonyl (C=O) groups excluding carboxylic acids is 2. The van der Waals surface area contributed by atoms with Gasteiger partial charge < -0.3 is 24.6 Å². The van der Waals surface area contributed by atoms with Gasteiger partial charge in [0.2, 0.25) is 5.91 Å². The Morgan fingerprint density at radius 1 is 1.19 bits per heavy atom. The number of rotatable bonds is 3. The van der Waals surface area contributed by atoms with Crippen LogP contribution in [0.2, 0.25) is 0 Å². The molecule has 3 fully saturated rings. The van der Waals surface area contributed by atoms with Crippen LogP contribution in [0.25, 0.3) is 0 Å². The normalized spacial score (nSPS) is 27.5. The number of likely N-dealkylation sites (tertiary alicyclic amines) is 2. The fraction of sp³-hybridized carbons (Fsp3) is 0.579. The molecule has 1 N–H and O–H groups in total. The summed E-state index contributed by atoms with van der Waals surface area (Å²) < 4.78 is 11.2. The van der Waals surface area contributed by atoms with Crippen molar-refractivity contribution in [2.75, 3.05) is 38.6 Å². The summed E-state index contributed by atoms with van der Waals surface area (Å²) >= 11 is 0. The second-order valence-electron chi connectivity index (χ2n) is 7.24. The Kier molecular flexibility index (Phi) is 4.72. The van der Waals surface area contributed by atoms with Crippen LogP contribution in [0.5, 0.6) is 5.75 Å². The topological polar surface area (TPSA) is 71.1 Å². The van der Waals surface area contributed by atoms with Crippen LogP contribution in [0, 0.1) is 5.92 Å². The van der Waals surface area contributed by atoms with Crippen LogP contribution >= 0.6 is 0 Å². The summed E-state index contributed by atoms with van der Waals surface area (Å²) in [7, 11) is 1.60. The van der Waals surface area contributed by atoms with Crippen LogP contribution < -0.4 is 10.1 Å². The van der Waals surface area contributed by atoms with Crippen molar-refractivity contribution in [3.63, 3.8) is 0 Å². The summed E-state index contributed by atoms with van der Waals surface area (Å²) in [5, 5.41) is 2.91. The molecule has 26 heavy (non-hydrogen) atoms. The van der Waals surface area contributed by atoms with Gasteiger partial charge in [0.1, 0.15) is 5.75 Å². The lowest BCUT2D eigenvalue weighted by Gasteiger charge is -2.33. The molecule has 1 aromatic rings. The summed E-state index contributed by atoms with van der Waals surface area (Å²) in [5.41, 5.74) is 0.692. The first-order valence-corrected chi connectivity index (χ1v) is 9.28. The predicted octanol–water partition coefficient (Wildman–Crippen LogP) is 1.94. The van der Waals surface area contributed by atoms with Gasteiger partial charge in [-0.2, -0.15) is 0 Å². The highest BCUT2D eigenvalue weighted by atomic mass is 16.5. The number of amides is 3. The lowest BCUT2D eigenvalue weighted by atomic mass is 9.99. The van der Waals surface area contributed by atoms with E-state index >= 15 is 0 Å². The maximum absolute atomic E-state index is 12.7. The van der Waals surface area contributed by atoms with Gasteiger partial charge in [-0.3, -0.25) is 4.79 Å². The van der Waals surface area contributed by atoms with Crippen molar-refractivity contribution >= 4 is 17.6 Å². The SMILES string of the molecule is COc1cccc(NC(=O)N2C[C@@H]3C[C@@H](C(=O)N4CCCC4)[C@H](C2)O3)c1. The summed E-state index contributed by atoms with van der Waals surface area (Å²) in [6.45, 7) is 2.69. The van der Waals surface area contributed by atoms with Gasteiger partial charge in [-0.1, -0.05) is 6.07 Å². The number of methoxy groups -OCH3 is 1. The highest BCUT2D eigenvalue weighted by Gasteiger charge is 2.47. The van der Waals surface area contributed by atoms with E-state index < -0.39 is 0 Å². The molecule has 0 radical (unpaired) electrons. The van der Waals surface area contributed by atoms with E-state index in [4.69, 9.17) is 9.47 Å². The molecule has 7 nitrogen and oxygen atoms in total. The molecule has 4 rings (SSSR count). The van der Waals surface area contributed by atoms with Crippen molar-refractivity contribution in [3.05, 3.63) is 24.3 Å². The van der Waals surface area contributed by atoms with Gasteiger partial charge in [0.25, 0.3) is 0 Å². The molecule has 0 aliphatic carbocycles. The van der Waals surface area contributed by atoms with Crippen LogP contribution in [0.15, 0.2) is 24.3 Å². The largest absolute Gasteiger partial charge is 0.497 e. The standard InChI is InChI=1S/C19H25N3O4/c1-25-14-6-4-5-13(9-14)20-19(24)22-11-15-10-16(17(12-22)26-15)18(23)21-7-2-3-8-21/h4-6,9,15-17H,2-3,7-8,10-12H2,1H3,(H,20,24)/t15-,16+,17-/m0/s1. The van der Waals surface area contributed by atoms with E-state index in [-0.39, 0.29) is 30.1 Å². The van der Waals surface area contributed by atoms with Crippen LogP contribution in [0.1, 0.15) is 19.3 Å². The van der Waals surface area contributed by atoms with E-state index in [1.54, 1.807) is 18.1 Å². The smallest absolute Gasteiger partial charge is 0.322 e. The molecule has 3 atom stereocenters. The fourth-order valence-electron chi connectivity index (χ4n) is 4.16. The number of morpholine rings is 1. The minimum atomic E-state index is -0.196. The van der Waals surface area contributed by atoms with Gasteiger partial charge in [0, 0.05) is 37.9 Å². The zero-order valence-corrected chi connectivity index (χ0v) is 15.0. The monoisotopic (exact) mass is 359 g/mol. The highest BCUT2D eigenvalue weighted by molar-refractivity contribution is 5.90. The zero-order valence-electron chi connectivity index (χ0n) is 15.0. The number of nitrogens with zero attached hydrogens (tertiary/aromatic N) is 2. The number of anilines is 1. The highest BCUT2D eigenvalue weighted by Crippen LogP contribution is 2.34. The first-order chi connectivity index (χ1) is 12.6. The quantitative estimate of drug-likeness (QED) is 0.895. The number of ether oxygens (including phenoxy) is 2. The summed E-state index contributed by atoms with van der Waals surface area (Å²) in [5.74, 6) is 0.777. The summed E-state index contributed by atoms with van der Waals surface area (Å²) in [6.07, 6.45) is 2.63. The average molecular weight is 359 g/mol. The van der Waals surface area contributed by atoms with E-state index in [2.05, 4.69) is 5.32 Å². The van der Waals surface area contributed by atoms with Gasteiger partial charge >= 0.3 is 6.03 Å². The third-order valence-corrected chi connectivity index (χ3v) is 5.50. The summed E-state index contributed by atoms with van der Waals surface area (Å²) in [4.78, 5) is 29.1. The van der Waals surface area contributed by atoms with Gasteiger partial charge in [0.15, 0.2) is 0 Å². The van der Waals surface area contributed by atoms with Crippen molar-refractivity contribution in [1.82, 2.24) is 9.80 Å². The second kappa shape index (κ2) is 7.15. The molecule has 1 aromatic carbocycles. The van der Waals surface area contributed by atoms with E-state index in [9.17, 15) is 9.59 Å². The van der Waals surface area contributed by atoms with Crippen molar-refractivity contribution in [2.24, 2.45) is 5.92 Å². The lowest BCUT2D eigenvalue weighted by Crippen LogP contribution is -2.49. The molecular weight excluding hydrogens is 334 g/mol. The molecule has 3 heterocycles. The number of carbonyl (C=O) groups is 2. The fourth-order valence-corrected chi connectivity index (χ4v) is 4.16. The third kappa shape index (κ3) is 3.35. The molecule has 3 saturated heterocycles. The Morgan fingerprint density at radius 2 is 2.00 bits per heavy atom. The van der Waals surface area contributed by atoms with Crippen LogP contribution in [-0.2, 0) is 9.53 Å². The van der Waals surface area contributed by atoms with Crippen molar-refractivity contribution in [2.45, 2.75) is 31.5 Å². The molecule has 3 aliphatic rings. The van der Waals surface area contributed by atoms with E-state index in [0.717, 1.165) is 25.9 Å². The minimum absolute atomic E-state index is 0.0543. The second-order valence-corrected chi connectivity index (χ2v) is 7.24. The average Bonchev–Trinajstić information content (AvgIpc) is 3.29. The zero-order chi connectivity index (χ0) is 18.1. The van der Waals surface area contributed by atoms with E-state index in [0.29, 0.717) is 30.9 Å². The van der Waals surface area contributed by atoms with Gasteiger partial charge in [-0.25, -0.2) is 4.79 Å². The van der Waals surface area contributed by atoms with Crippen LogP contribution in [-0.4, -0.2) is 67.2 Å². The molecule has 140 valence electrons. The van der Waals surface area contributed by atoms with Gasteiger partial charge in [-0.15, -0.1) is 0 Å². The molecule has 0 aromatic heterocycles. The van der Waals surface area contributed by atoms with Crippen molar-refractivity contribution in [3.8, 4) is 5.75 Å². The number of benzene rings is 1. The molecule has 0 saturated carbocycles. The number of fused-ring (bicyclic) bond motifs is 2. The molecule has 7 heteroatoms. The van der Waals surface area contributed by atoms with E-state index in [1.807, 2.05) is 23.1 Å². The van der Waals surface area contributed by atoms with Crippen molar-refractivity contribution < 1.29 is 19.1 Å². The molecule has 0 spiro atoms. The predicted molar refractivity (Wildman–Crippen MR) is 96.2 cm³/mol. The Hall–Kier alpha value is -2.28. The first kappa shape index (κ1) is 17.1. The van der Waals surface area contributed by atoms with Crippen LogP contribution in [0.4, 0.5) is 10.5 Å². The Morgan fingerprint density at radius 3 is 2.77 bits per heavy atom.